The molecular weight excluding hydrogens is 739 g/mol. The number of methoxy groups -OCH3 is 2. The lowest BCUT2D eigenvalue weighted by molar-refractivity contribution is -0.136. The Morgan fingerprint density at radius 2 is 1.26 bits per heavy atom. The average molecular weight is 792 g/mol. The van der Waals surface area contributed by atoms with Crippen LogP contribution in [0.5, 0.6) is 0 Å². The van der Waals surface area contributed by atoms with Crippen molar-refractivity contribution in [3.63, 3.8) is 0 Å². The highest BCUT2D eigenvalue weighted by molar-refractivity contribution is 5.89. The molecule has 5 aromatic rings. The van der Waals surface area contributed by atoms with Gasteiger partial charge in [0.2, 0.25) is 11.8 Å². The van der Waals surface area contributed by atoms with Gasteiger partial charge in [0.15, 0.2) is 0 Å². The first-order chi connectivity index (χ1) is 27.7. The van der Waals surface area contributed by atoms with Crippen LogP contribution in [0.25, 0.3) is 44.5 Å². The molecule has 15 nitrogen and oxygen atoms in total. The first-order valence-electron chi connectivity index (χ1n) is 20.0. The monoisotopic (exact) mass is 791 g/mol. The van der Waals surface area contributed by atoms with E-state index < -0.39 is 24.3 Å². The summed E-state index contributed by atoms with van der Waals surface area (Å²) in [5.41, 5.74) is 5.85. The van der Waals surface area contributed by atoms with Crippen molar-refractivity contribution >= 4 is 45.9 Å². The molecule has 0 aliphatic carbocycles. The maximum atomic E-state index is 13.8. The Morgan fingerprint density at radius 1 is 0.690 bits per heavy atom. The molecule has 2 saturated heterocycles. The van der Waals surface area contributed by atoms with Gasteiger partial charge in [-0.05, 0) is 66.8 Å². The fraction of sp³-hybridized carbons (Fsp3) is 0.465. The van der Waals surface area contributed by atoms with E-state index in [0.717, 1.165) is 57.3 Å². The van der Waals surface area contributed by atoms with E-state index in [-0.39, 0.29) is 47.6 Å². The highest BCUT2D eigenvalue weighted by Gasteiger charge is 2.41. The number of aromatic nitrogens is 5. The molecule has 2 aliphatic heterocycles. The normalized spacial score (nSPS) is 20.5. The summed E-state index contributed by atoms with van der Waals surface area (Å²) in [6.07, 6.45) is 2.11. The van der Waals surface area contributed by atoms with Crippen molar-refractivity contribution in [2.45, 2.75) is 78.6 Å². The summed E-state index contributed by atoms with van der Waals surface area (Å²) in [4.78, 5) is 77.0. The Hall–Kier alpha value is -5.99. The summed E-state index contributed by atoms with van der Waals surface area (Å²) >= 11 is 0. The third-order valence-electron chi connectivity index (χ3n) is 11.4. The lowest BCUT2D eigenvalue weighted by atomic mass is 10.0. The standard InChI is InChI=1S/C43H53N9O6/c1-22(2)36(49-42(55)57-7)40(53)51-20-24(5)15-34(51)38-44-19-33(48-38)27-10-13-29-26(17-27)9-12-30(45-29)28-11-14-31-32(18-28)47-39(46-31)35-16-25(6)21-52(35)41(54)37(23(3)4)50-43(56)58-8/h9-14,17-19,22-25,34-37H,15-16,20-21H2,1-8H3,(H,44,48)(H,46,47)(H,49,55)(H,50,56)/t24-,25-,34-,35-,36-,37-/m0/s1. The summed E-state index contributed by atoms with van der Waals surface area (Å²) in [5.74, 6) is 1.39. The lowest BCUT2D eigenvalue weighted by Crippen LogP contribution is -2.51. The molecule has 5 heterocycles. The van der Waals surface area contributed by atoms with Gasteiger partial charge in [-0.2, -0.15) is 0 Å². The SMILES string of the molecule is COC(=O)N[C@H](C(=O)N1C[C@@H](C)C[C@H]1c1nc(-c2ccc3nc(-c4ccc5[nH]c([C@@H]6C[C@H](C)CN6C(=O)[C@@H](NC(=O)OC)C(C)C)nc5c4)ccc3c2)c[nH]1)C(C)C. The Morgan fingerprint density at radius 3 is 1.84 bits per heavy atom. The van der Waals surface area contributed by atoms with E-state index in [2.05, 4.69) is 40.5 Å². The molecule has 2 fully saturated rings. The molecule has 6 atom stereocenters. The summed E-state index contributed by atoms with van der Waals surface area (Å²) in [7, 11) is 2.58. The summed E-state index contributed by atoms with van der Waals surface area (Å²) in [6.45, 7) is 13.0. The highest BCUT2D eigenvalue weighted by Crippen LogP contribution is 2.38. The van der Waals surface area contributed by atoms with Gasteiger partial charge in [-0.1, -0.05) is 59.7 Å². The molecule has 306 valence electrons. The molecule has 4 N–H and O–H groups in total. The maximum absolute atomic E-state index is 13.8. The number of benzene rings is 2. The van der Waals surface area contributed by atoms with Crippen LogP contribution < -0.4 is 10.6 Å². The van der Waals surface area contributed by atoms with E-state index in [9.17, 15) is 19.2 Å². The number of fused-ring (bicyclic) bond motifs is 2. The molecule has 7 rings (SSSR count). The van der Waals surface area contributed by atoms with Crippen LogP contribution in [0.2, 0.25) is 0 Å². The highest BCUT2D eigenvalue weighted by atomic mass is 16.5. The van der Waals surface area contributed by atoms with Crippen molar-refractivity contribution < 1.29 is 28.7 Å². The van der Waals surface area contributed by atoms with E-state index in [1.165, 1.54) is 14.2 Å². The first kappa shape index (κ1) is 40.2. The van der Waals surface area contributed by atoms with Crippen LogP contribution in [0.3, 0.4) is 0 Å². The van der Waals surface area contributed by atoms with Gasteiger partial charge in [-0.3, -0.25) is 9.59 Å². The fourth-order valence-electron chi connectivity index (χ4n) is 8.30. The lowest BCUT2D eigenvalue weighted by Gasteiger charge is -2.30. The minimum absolute atomic E-state index is 0.124. The Bertz CT molecular complexity index is 2340. The van der Waals surface area contributed by atoms with E-state index in [0.29, 0.717) is 24.7 Å². The number of aromatic amines is 2. The van der Waals surface area contributed by atoms with Gasteiger partial charge in [0.05, 0.1) is 54.2 Å². The number of rotatable bonds is 10. The molecule has 3 aromatic heterocycles. The second-order valence-corrected chi connectivity index (χ2v) is 16.5. The van der Waals surface area contributed by atoms with Gasteiger partial charge in [-0.25, -0.2) is 24.5 Å². The zero-order chi connectivity index (χ0) is 41.4. The number of ether oxygens (including phenoxy) is 2. The summed E-state index contributed by atoms with van der Waals surface area (Å²) in [6, 6.07) is 14.2. The van der Waals surface area contributed by atoms with Gasteiger partial charge < -0.3 is 39.9 Å². The number of hydrogen-bond acceptors (Lipinski definition) is 9. The van der Waals surface area contributed by atoms with E-state index in [1.807, 2.05) is 86.2 Å². The molecule has 0 unspecified atom stereocenters. The number of carbonyl (C=O) groups excluding carboxylic acids is 4. The molecule has 0 radical (unpaired) electrons. The van der Waals surface area contributed by atoms with Crippen molar-refractivity contribution in [1.29, 1.82) is 0 Å². The topological polar surface area (TPSA) is 188 Å². The van der Waals surface area contributed by atoms with Crippen LogP contribution in [0, 0.1) is 23.7 Å². The smallest absolute Gasteiger partial charge is 0.407 e. The van der Waals surface area contributed by atoms with E-state index in [1.54, 1.807) is 0 Å². The first-order valence-corrected chi connectivity index (χ1v) is 20.0. The number of nitrogens with zero attached hydrogens (tertiary/aromatic N) is 5. The molecule has 2 aliphatic rings. The second kappa shape index (κ2) is 16.5. The van der Waals surface area contributed by atoms with Crippen LogP contribution in [-0.4, -0.2) is 98.1 Å². The van der Waals surface area contributed by atoms with E-state index >= 15 is 0 Å². The summed E-state index contributed by atoms with van der Waals surface area (Å²) in [5, 5.41) is 6.38. The van der Waals surface area contributed by atoms with E-state index in [4.69, 9.17) is 24.4 Å². The van der Waals surface area contributed by atoms with Gasteiger partial charge >= 0.3 is 12.2 Å². The number of nitrogens with one attached hydrogen (secondary N) is 4. The number of imidazole rings is 2. The van der Waals surface area contributed by atoms with Crippen LogP contribution in [0.4, 0.5) is 9.59 Å². The zero-order valence-electron chi connectivity index (χ0n) is 34.3. The predicted molar refractivity (Wildman–Crippen MR) is 219 cm³/mol. The number of hydrogen-bond donors (Lipinski definition) is 4. The van der Waals surface area contributed by atoms with Crippen molar-refractivity contribution in [3.8, 4) is 22.5 Å². The van der Waals surface area contributed by atoms with Crippen molar-refractivity contribution in [2.24, 2.45) is 23.7 Å². The summed E-state index contributed by atoms with van der Waals surface area (Å²) < 4.78 is 9.58. The molecule has 2 aromatic carbocycles. The molecular formula is C43H53N9O6. The zero-order valence-corrected chi connectivity index (χ0v) is 34.3. The third-order valence-corrected chi connectivity index (χ3v) is 11.4. The Labute approximate surface area is 337 Å². The molecule has 0 spiro atoms. The number of carbonyl (C=O) groups is 4. The van der Waals surface area contributed by atoms with Crippen LogP contribution in [0.15, 0.2) is 54.7 Å². The van der Waals surface area contributed by atoms with Gasteiger partial charge in [-0.15, -0.1) is 0 Å². The number of H-pyrrole nitrogens is 2. The maximum Gasteiger partial charge on any atom is 0.407 e. The molecule has 58 heavy (non-hydrogen) atoms. The Balaban J connectivity index is 1.09. The van der Waals surface area contributed by atoms with Crippen LogP contribution >= 0.6 is 0 Å². The molecule has 4 amide bonds. The number of likely N-dealkylation sites (tertiary alicyclic amines) is 2. The minimum atomic E-state index is -0.714. The number of alkyl carbamates (subject to hydrolysis) is 2. The van der Waals surface area contributed by atoms with Crippen LogP contribution in [-0.2, 0) is 19.1 Å². The largest absolute Gasteiger partial charge is 0.453 e. The quantitative estimate of drug-likeness (QED) is 0.119. The molecule has 0 saturated carbocycles. The second-order valence-electron chi connectivity index (χ2n) is 16.5. The van der Waals surface area contributed by atoms with Crippen molar-refractivity contribution in [2.75, 3.05) is 27.3 Å². The van der Waals surface area contributed by atoms with Crippen molar-refractivity contribution in [1.82, 2.24) is 45.4 Å². The van der Waals surface area contributed by atoms with Crippen LogP contribution in [0.1, 0.15) is 78.1 Å². The number of amides is 4. The third kappa shape index (κ3) is 8.07. The number of pyridine rings is 1. The molecule has 15 heteroatoms. The molecule has 0 bridgehead atoms. The average Bonchev–Trinajstić information content (AvgIpc) is 4.03. The van der Waals surface area contributed by atoms with Crippen molar-refractivity contribution in [3.05, 3.63) is 66.4 Å². The van der Waals surface area contributed by atoms with Gasteiger partial charge in [0.1, 0.15) is 23.7 Å². The Kier molecular flexibility index (Phi) is 11.4. The van der Waals surface area contributed by atoms with Gasteiger partial charge in [0, 0.05) is 35.8 Å². The van der Waals surface area contributed by atoms with Gasteiger partial charge in [0.25, 0.3) is 0 Å². The predicted octanol–water partition coefficient (Wildman–Crippen LogP) is 6.75. The fourth-order valence-corrected chi connectivity index (χ4v) is 8.30. The minimum Gasteiger partial charge on any atom is -0.453 e.